The van der Waals surface area contributed by atoms with Crippen LogP contribution in [0.4, 0.5) is 5.82 Å². The summed E-state index contributed by atoms with van der Waals surface area (Å²) < 4.78 is 10.4. The van der Waals surface area contributed by atoms with Crippen LogP contribution in [0.1, 0.15) is 23.9 Å². The van der Waals surface area contributed by atoms with Crippen LogP contribution < -0.4 is 11.1 Å². The molecule has 0 saturated carbocycles. The van der Waals surface area contributed by atoms with Crippen molar-refractivity contribution in [2.75, 3.05) is 32.2 Å². The van der Waals surface area contributed by atoms with Gasteiger partial charge in [0.25, 0.3) is 0 Å². The van der Waals surface area contributed by atoms with E-state index < -0.39 is 5.91 Å². The van der Waals surface area contributed by atoms with Gasteiger partial charge in [-0.1, -0.05) is 0 Å². The lowest BCUT2D eigenvalue weighted by Gasteiger charge is -2.12. The Morgan fingerprint density at radius 2 is 2.47 bits per heavy atom. The number of primary amides is 1. The highest BCUT2D eigenvalue weighted by molar-refractivity contribution is 5.78. The molecule has 0 unspecified atom stereocenters. The summed E-state index contributed by atoms with van der Waals surface area (Å²) in [5.74, 6) is 1.01. The van der Waals surface area contributed by atoms with E-state index in [1.165, 1.54) is 0 Å². The average molecular weight is 266 g/mol. The van der Waals surface area contributed by atoms with E-state index in [0.29, 0.717) is 24.9 Å². The maximum Gasteiger partial charge on any atom is 0.236 e. The van der Waals surface area contributed by atoms with E-state index in [1.807, 2.05) is 6.07 Å². The maximum atomic E-state index is 10.8. The van der Waals surface area contributed by atoms with E-state index in [0.717, 1.165) is 18.7 Å². The largest absolute Gasteiger partial charge is 0.381 e. The molecule has 1 fully saturated rings. The Labute approximate surface area is 111 Å². The van der Waals surface area contributed by atoms with Gasteiger partial charge < -0.3 is 20.5 Å². The minimum absolute atomic E-state index is 0.0457. The summed E-state index contributed by atoms with van der Waals surface area (Å²) in [5.41, 5.74) is 6.02. The fraction of sp³-hybridized carbons (Fsp3) is 0.583. The molecule has 0 aliphatic carbocycles. The number of hydrogen-bond donors (Lipinski definition) is 2. The molecule has 0 aromatic carbocycles. The Kier molecular flexibility index (Phi) is 4.64. The molecule has 1 atom stereocenters. The topological polar surface area (TPSA) is 99.4 Å². The number of carbonyl (C=O) groups excluding carboxylic acids is 1. The number of hydrogen-bond acceptors (Lipinski definition) is 6. The lowest BCUT2D eigenvalue weighted by molar-refractivity contribution is -0.116. The van der Waals surface area contributed by atoms with Gasteiger partial charge in [-0.3, -0.25) is 4.79 Å². The zero-order chi connectivity index (χ0) is 13.7. The van der Waals surface area contributed by atoms with E-state index in [4.69, 9.17) is 15.2 Å². The monoisotopic (exact) mass is 266 g/mol. The first-order valence-electron chi connectivity index (χ1n) is 6.15. The van der Waals surface area contributed by atoms with E-state index >= 15 is 0 Å². The number of amides is 1. The Bertz CT molecular complexity index is 447. The third-order valence-corrected chi connectivity index (χ3v) is 2.86. The van der Waals surface area contributed by atoms with Crippen molar-refractivity contribution in [2.45, 2.75) is 18.9 Å². The average Bonchev–Trinajstić information content (AvgIpc) is 2.90. The number of ether oxygens (including phenoxy) is 2. The lowest BCUT2D eigenvalue weighted by atomic mass is 10.0. The van der Waals surface area contributed by atoms with Crippen LogP contribution in [0.25, 0.3) is 0 Å². The summed E-state index contributed by atoms with van der Waals surface area (Å²) in [6.07, 6.45) is 0.943. The molecule has 1 aromatic heterocycles. The van der Waals surface area contributed by atoms with Gasteiger partial charge >= 0.3 is 0 Å². The number of methoxy groups -OCH3 is 1. The van der Waals surface area contributed by atoms with Crippen LogP contribution in [0, 0.1) is 0 Å². The molecule has 0 bridgehead atoms. The maximum absolute atomic E-state index is 10.8. The van der Waals surface area contributed by atoms with Crippen LogP contribution in [-0.2, 0) is 20.9 Å². The van der Waals surface area contributed by atoms with Gasteiger partial charge in [0, 0.05) is 25.7 Å². The molecule has 1 aromatic rings. The minimum atomic E-state index is -0.433. The normalized spacial score (nSPS) is 18.5. The number of rotatable bonds is 6. The second kappa shape index (κ2) is 6.44. The molecule has 3 N–H and O–H groups in total. The SMILES string of the molecule is COCc1nc(NCC(N)=O)cc([C@@H]2CCOC2)n1. The third-order valence-electron chi connectivity index (χ3n) is 2.86. The fourth-order valence-electron chi connectivity index (χ4n) is 1.96. The molecule has 0 spiro atoms. The standard InChI is InChI=1S/C12H18N4O3/c1-18-7-12-15-9(8-2-3-19-6-8)4-11(16-12)14-5-10(13)17/h4,8H,2-3,5-7H2,1H3,(H2,13,17)(H,14,15,16)/t8-/m1/s1. The summed E-state index contributed by atoms with van der Waals surface area (Å²) in [4.78, 5) is 19.5. The summed E-state index contributed by atoms with van der Waals surface area (Å²) in [6.45, 7) is 1.79. The van der Waals surface area contributed by atoms with Gasteiger partial charge in [-0.15, -0.1) is 0 Å². The number of aromatic nitrogens is 2. The highest BCUT2D eigenvalue weighted by atomic mass is 16.5. The first-order chi connectivity index (χ1) is 9.19. The molecule has 1 saturated heterocycles. The predicted molar refractivity (Wildman–Crippen MR) is 68.6 cm³/mol. The smallest absolute Gasteiger partial charge is 0.236 e. The van der Waals surface area contributed by atoms with Gasteiger partial charge in [0.05, 0.1) is 18.8 Å². The van der Waals surface area contributed by atoms with Crippen molar-refractivity contribution in [3.8, 4) is 0 Å². The quantitative estimate of drug-likeness (QED) is 0.753. The molecule has 0 radical (unpaired) electrons. The molecule has 1 aliphatic rings. The summed E-state index contributed by atoms with van der Waals surface area (Å²) in [6, 6.07) is 1.83. The molecular formula is C12H18N4O3. The number of carbonyl (C=O) groups is 1. The number of nitrogens with one attached hydrogen (secondary N) is 1. The molecule has 7 heteroatoms. The van der Waals surface area contributed by atoms with Crippen LogP contribution in [0.15, 0.2) is 6.07 Å². The minimum Gasteiger partial charge on any atom is -0.381 e. The summed E-state index contributed by atoms with van der Waals surface area (Å²) in [7, 11) is 1.59. The number of nitrogens with two attached hydrogens (primary N) is 1. The van der Waals surface area contributed by atoms with Crippen LogP contribution in [0.2, 0.25) is 0 Å². The highest BCUT2D eigenvalue weighted by Gasteiger charge is 2.20. The van der Waals surface area contributed by atoms with E-state index in [9.17, 15) is 4.79 Å². The van der Waals surface area contributed by atoms with Gasteiger partial charge in [-0.05, 0) is 6.42 Å². The van der Waals surface area contributed by atoms with Crippen LogP contribution in [0.3, 0.4) is 0 Å². The molecular weight excluding hydrogens is 248 g/mol. The van der Waals surface area contributed by atoms with Gasteiger partial charge in [0.1, 0.15) is 12.4 Å². The zero-order valence-corrected chi connectivity index (χ0v) is 10.9. The van der Waals surface area contributed by atoms with Crippen LogP contribution in [0.5, 0.6) is 0 Å². The van der Waals surface area contributed by atoms with E-state index in [2.05, 4.69) is 15.3 Å². The van der Waals surface area contributed by atoms with Crippen molar-refractivity contribution in [1.29, 1.82) is 0 Å². The van der Waals surface area contributed by atoms with E-state index in [1.54, 1.807) is 7.11 Å². The molecule has 2 heterocycles. The number of nitrogens with zero attached hydrogens (tertiary/aromatic N) is 2. The van der Waals surface area contributed by atoms with Gasteiger partial charge in [-0.25, -0.2) is 9.97 Å². The van der Waals surface area contributed by atoms with Crippen molar-refractivity contribution in [1.82, 2.24) is 9.97 Å². The number of anilines is 1. The van der Waals surface area contributed by atoms with Crippen molar-refractivity contribution in [2.24, 2.45) is 5.73 Å². The predicted octanol–water partition coefficient (Wildman–Crippen LogP) is 0.0241. The lowest BCUT2D eigenvalue weighted by Crippen LogP contribution is -2.22. The second-order valence-corrected chi connectivity index (χ2v) is 4.41. The molecule has 2 rings (SSSR count). The van der Waals surface area contributed by atoms with Crippen LogP contribution in [-0.4, -0.2) is 42.7 Å². The first-order valence-corrected chi connectivity index (χ1v) is 6.15. The highest BCUT2D eigenvalue weighted by Crippen LogP contribution is 2.25. The molecule has 1 aliphatic heterocycles. The Morgan fingerprint density at radius 3 is 3.11 bits per heavy atom. The Balaban J connectivity index is 2.18. The van der Waals surface area contributed by atoms with Crippen LogP contribution >= 0.6 is 0 Å². The summed E-state index contributed by atoms with van der Waals surface area (Å²) >= 11 is 0. The van der Waals surface area contributed by atoms with Crippen molar-refractivity contribution >= 4 is 11.7 Å². The molecule has 7 nitrogen and oxygen atoms in total. The Morgan fingerprint density at radius 1 is 1.63 bits per heavy atom. The van der Waals surface area contributed by atoms with Gasteiger partial charge in [0.2, 0.25) is 5.91 Å². The zero-order valence-electron chi connectivity index (χ0n) is 10.9. The summed E-state index contributed by atoms with van der Waals surface area (Å²) in [5, 5.41) is 2.88. The second-order valence-electron chi connectivity index (χ2n) is 4.41. The fourth-order valence-corrected chi connectivity index (χ4v) is 1.96. The van der Waals surface area contributed by atoms with Crippen molar-refractivity contribution in [3.63, 3.8) is 0 Å². The molecule has 1 amide bonds. The van der Waals surface area contributed by atoms with Gasteiger partial charge in [-0.2, -0.15) is 0 Å². The first kappa shape index (κ1) is 13.7. The van der Waals surface area contributed by atoms with E-state index in [-0.39, 0.29) is 12.5 Å². The molecule has 104 valence electrons. The molecule has 19 heavy (non-hydrogen) atoms. The van der Waals surface area contributed by atoms with Crippen molar-refractivity contribution < 1.29 is 14.3 Å². The Hall–Kier alpha value is -1.73. The van der Waals surface area contributed by atoms with Gasteiger partial charge in [0.15, 0.2) is 5.82 Å². The van der Waals surface area contributed by atoms with Crippen molar-refractivity contribution in [3.05, 3.63) is 17.6 Å². The third kappa shape index (κ3) is 3.87.